The molecule has 6 nitrogen and oxygen atoms in total. The molecule has 0 amide bonds. The van der Waals surface area contributed by atoms with Crippen LogP contribution in [0.15, 0.2) is 41.7 Å². The fourth-order valence-electron chi connectivity index (χ4n) is 3.35. The van der Waals surface area contributed by atoms with Gasteiger partial charge in [-0.2, -0.15) is 0 Å². The molecule has 1 heterocycles. The highest BCUT2D eigenvalue weighted by molar-refractivity contribution is 5.79. The van der Waals surface area contributed by atoms with Gasteiger partial charge < -0.3 is 24.7 Å². The lowest BCUT2D eigenvalue weighted by Crippen LogP contribution is -2.36. The van der Waals surface area contributed by atoms with Crippen molar-refractivity contribution >= 4 is 5.96 Å². The molecule has 1 aromatic carbocycles. The molecule has 1 saturated carbocycles. The van der Waals surface area contributed by atoms with Crippen molar-refractivity contribution in [1.82, 2.24) is 15.2 Å². The smallest absolute Gasteiger partial charge is 0.191 e. The summed E-state index contributed by atoms with van der Waals surface area (Å²) in [5.74, 6) is 2.48. The number of guanidine groups is 1. The Morgan fingerprint density at radius 2 is 1.96 bits per heavy atom. The van der Waals surface area contributed by atoms with Gasteiger partial charge in [-0.25, -0.2) is 0 Å². The number of nitrogens with zero attached hydrogens (tertiary/aromatic N) is 2. The Kier molecular flexibility index (Phi) is 6.63. The van der Waals surface area contributed by atoms with E-state index in [1.165, 1.54) is 18.4 Å². The average molecular weight is 370 g/mol. The Bertz CT molecular complexity index is 763. The molecule has 3 rings (SSSR count). The molecule has 1 aromatic heterocycles. The minimum absolute atomic E-state index is 0.311. The first kappa shape index (κ1) is 19.1. The maximum Gasteiger partial charge on any atom is 0.191 e. The number of methoxy groups -OCH3 is 1. The molecule has 1 aliphatic rings. The summed E-state index contributed by atoms with van der Waals surface area (Å²) >= 11 is 0. The first-order valence-corrected chi connectivity index (χ1v) is 9.57. The van der Waals surface area contributed by atoms with E-state index in [1.54, 1.807) is 14.2 Å². The molecule has 2 aromatic rings. The van der Waals surface area contributed by atoms with Crippen molar-refractivity contribution in [2.45, 2.75) is 44.9 Å². The van der Waals surface area contributed by atoms with Gasteiger partial charge in [0.05, 0.1) is 13.2 Å². The topological polar surface area (TPSA) is 59.8 Å². The van der Waals surface area contributed by atoms with Crippen LogP contribution in [0, 0.1) is 0 Å². The second kappa shape index (κ2) is 9.35. The van der Waals surface area contributed by atoms with E-state index in [1.807, 2.05) is 29.9 Å². The molecule has 0 aliphatic heterocycles. The van der Waals surface area contributed by atoms with Gasteiger partial charge in [-0.15, -0.1) is 0 Å². The monoisotopic (exact) mass is 370 g/mol. The van der Waals surface area contributed by atoms with Crippen LogP contribution in [0.5, 0.6) is 11.5 Å². The fraction of sp³-hybridized carbons (Fsp3) is 0.476. The van der Waals surface area contributed by atoms with E-state index < -0.39 is 0 Å². The number of aromatic nitrogens is 1. The number of rotatable bonds is 7. The van der Waals surface area contributed by atoms with Crippen LogP contribution < -0.4 is 20.1 Å². The second-order valence-electron chi connectivity index (χ2n) is 6.96. The molecular formula is C21H30N4O2. The molecule has 6 heteroatoms. The molecule has 0 spiro atoms. The second-order valence-corrected chi connectivity index (χ2v) is 6.96. The lowest BCUT2D eigenvalue weighted by molar-refractivity contribution is 0.207. The van der Waals surface area contributed by atoms with Gasteiger partial charge in [0.15, 0.2) is 5.96 Å². The van der Waals surface area contributed by atoms with E-state index in [9.17, 15) is 0 Å². The molecule has 1 aliphatic carbocycles. The number of ether oxygens (including phenoxy) is 2. The molecule has 0 atom stereocenters. The van der Waals surface area contributed by atoms with Gasteiger partial charge in [0.25, 0.3) is 0 Å². The quantitative estimate of drug-likeness (QED) is 0.580. The Balaban J connectivity index is 1.60. The normalized spacial score (nSPS) is 15.0. The van der Waals surface area contributed by atoms with Gasteiger partial charge >= 0.3 is 0 Å². The van der Waals surface area contributed by atoms with Crippen molar-refractivity contribution in [1.29, 1.82) is 0 Å². The van der Waals surface area contributed by atoms with Gasteiger partial charge in [-0.05, 0) is 49.4 Å². The summed E-state index contributed by atoms with van der Waals surface area (Å²) in [5.41, 5.74) is 2.32. The van der Waals surface area contributed by atoms with Gasteiger partial charge in [-0.3, -0.25) is 4.99 Å². The number of nitrogens with one attached hydrogen (secondary N) is 2. The van der Waals surface area contributed by atoms with Crippen LogP contribution in [0.25, 0.3) is 0 Å². The largest absolute Gasteiger partial charge is 0.497 e. The van der Waals surface area contributed by atoms with E-state index in [0.29, 0.717) is 12.6 Å². The van der Waals surface area contributed by atoms with Crippen LogP contribution in [0.1, 0.15) is 36.8 Å². The first-order chi connectivity index (χ1) is 13.2. The predicted molar refractivity (Wildman–Crippen MR) is 108 cm³/mol. The van der Waals surface area contributed by atoms with Crippen molar-refractivity contribution < 1.29 is 9.47 Å². The van der Waals surface area contributed by atoms with Crippen LogP contribution in [-0.4, -0.2) is 30.8 Å². The Morgan fingerprint density at radius 1 is 1.19 bits per heavy atom. The molecule has 1 fully saturated rings. The summed E-state index contributed by atoms with van der Waals surface area (Å²) in [6.45, 7) is 1.37. The van der Waals surface area contributed by atoms with E-state index in [2.05, 4.69) is 34.0 Å². The Morgan fingerprint density at radius 3 is 2.63 bits per heavy atom. The van der Waals surface area contributed by atoms with Crippen LogP contribution >= 0.6 is 0 Å². The molecule has 27 heavy (non-hydrogen) atoms. The summed E-state index contributed by atoms with van der Waals surface area (Å²) in [5, 5.41) is 6.72. The Hall–Kier alpha value is -2.63. The first-order valence-electron chi connectivity index (χ1n) is 9.57. The third kappa shape index (κ3) is 5.42. The molecule has 0 saturated heterocycles. The molecule has 0 radical (unpaired) electrons. The zero-order valence-electron chi connectivity index (χ0n) is 16.5. The summed E-state index contributed by atoms with van der Waals surface area (Å²) in [6, 6.07) is 8.10. The van der Waals surface area contributed by atoms with Crippen molar-refractivity contribution in [2.24, 2.45) is 12.0 Å². The van der Waals surface area contributed by atoms with Crippen LogP contribution in [0.4, 0.5) is 0 Å². The standard InChI is InChI=1S/C21H30N4O2/c1-22-21(23-13-16-10-11-25(2)15-16)24-14-17-8-9-19(26-3)12-20(17)27-18-6-4-5-7-18/h8-12,15,18H,4-7,13-14H2,1-3H3,(H2,22,23,24). The maximum absolute atomic E-state index is 6.26. The SMILES string of the molecule is CN=C(NCc1ccn(C)c1)NCc1ccc(OC)cc1OC1CCCC1. The molecule has 2 N–H and O–H groups in total. The van der Waals surface area contributed by atoms with Crippen LogP contribution in [-0.2, 0) is 20.1 Å². The minimum atomic E-state index is 0.311. The molecule has 0 unspecified atom stereocenters. The average Bonchev–Trinajstić information content (AvgIpc) is 3.34. The van der Waals surface area contributed by atoms with Gasteiger partial charge in [0.2, 0.25) is 0 Å². The molecule has 0 bridgehead atoms. The van der Waals surface area contributed by atoms with Crippen LogP contribution in [0.2, 0.25) is 0 Å². The third-order valence-corrected chi connectivity index (χ3v) is 4.89. The van der Waals surface area contributed by atoms with E-state index in [-0.39, 0.29) is 0 Å². The number of benzene rings is 1. The van der Waals surface area contributed by atoms with Gasteiger partial charge in [-0.1, -0.05) is 0 Å². The van der Waals surface area contributed by atoms with Gasteiger partial charge in [0.1, 0.15) is 11.5 Å². The van der Waals surface area contributed by atoms with Crippen molar-refractivity contribution in [3.63, 3.8) is 0 Å². The summed E-state index contributed by atoms with van der Waals surface area (Å²) in [6.07, 6.45) is 9.20. The third-order valence-electron chi connectivity index (χ3n) is 4.89. The highest BCUT2D eigenvalue weighted by Crippen LogP contribution is 2.29. The minimum Gasteiger partial charge on any atom is -0.497 e. The number of hydrogen-bond donors (Lipinski definition) is 2. The van der Waals surface area contributed by atoms with E-state index in [4.69, 9.17) is 9.47 Å². The van der Waals surface area contributed by atoms with Crippen molar-refractivity contribution in [2.75, 3.05) is 14.2 Å². The zero-order valence-corrected chi connectivity index (χ0v) is 16.5. The van der Waals surface area contributed by atoms with Crippen molar-refractivity contribution in [3.8, 4) is 11.5 Å². The number of hydrogen-bond acceptors (Lipinski definition) is 3. The van der Waals surface area contributed by atoms with Crippen molar-refractivity contribution in [3.05, 3.63) is 47.8 Å². The lowest BCUT2D eigenvalue weighted by Gasteiger charge is -2.18. The predicted octanol–water partition coefficient (Wildman–Crippen LogP) is 3.22. The maximum atomic E-state index is 6.26. The highest BCUT2D eigenvalue weighted by Gasteiger charge is 2.18. The summed E-state index contributed by atoms with van der Waals surface area (Å²) in [4.78, 5) is 4.31. The zero-order chi connectivity index (χ0) is 19.1. The highest BCUT2D eigenvalue weighted by atomic mass is 16.5. The number of aliphatic imine (C=N–C) groups is 1. The van der Waals surface area contributed by atoms with Crippen LogP contribution in [0.3, 0.4) is 0 Å². The molecule has 146 valence electrons. The van der Waals surface area contributed by atoms with Gasteiger partial charge in [0, 0.05) is 51.2 Å². The Labute approximate surface area is 161 Å². The summed E-state index contributed by atoms with van der Waals surface area (Å²) in [7, 11) is 5.48. The lowest BCUT2D eigenvalue weighted by atomic mass is 10.2. The summed E-state index contributed by atoms with van der Waals surface area (Å²) < 4.78 is 13.7. The van der Waals surface area contributed by atoms with E-state index >= 15 is 0 Å². The fourth-order valence-corrected chi connectivity index (χ4v) is 3.35. The number of aryl methyl sites for hydroxylation is 1. The molecular weight excluding hydrogens is 340 g/mol. The van der Waals surface area contributed by atoms with E-state index in [0.717, 1.165) is 42.4 Å².